The first kappa shape index (κ1) is 18.4. The molecule has 4 heteroatoms. The van der Waals surface area contributed by atoms with Crippen molar-refractivity contribution < 1.29 is 4.39 Å². The molecule has 21 heavy (non-hydrogen) atoms. The van der Waals surface area contributed by atoms with E-state index in [1.54, 1.807) is 12.1 Å². The minimum Gasteiger partial charge on any atom is -0.308 e. The molecule has 0 spiro atoms. The third-order valence-corrected chi connectivity index (χ3v) is 4.39. The summed E-state index contributed by atoms with van der Waals surface area (Å²) < 4.78 is 14.4. The molecular weight excluding hydrogens is 287 g/mol. The van der Waals surface area contributed by atoms with Crippen molar-refractivity contribution in [3.8, 4) is 0 Å². The van der Waals surface area contributed by atoms with Gasteiger partial charge in [-0.15, -0.1) is 0 Å². The highest BCUT2D eigenvalue weighted by Gasteiger charge is 2.36. The fourth-order valence-corrected chi connectivity index (χ4v) is 3.14. The molecule has 0 bridgehead atoms. The van der Waals surface area contributed by atoms with Gasteiger partial charge in [0.1, 0.15) is 5.82 Å². The van der Waals surface area contributed by atoms with Crippen LogP contribution in [0.25, 0.3) is 0 Å². The Balaban J connectivity index is 3.20. The zero-order chi connectivity index (χ0) is 16.0. The lowest BCUT2D eigenvalue weighted by Crippen LogP contribution is -2.53. The highest BCUT2D eigenvalue weighted by atomic mass is 35.5. The van der Waals surface area contributed by atoms with E-state index in [1.165, 1.54) is 6.07 Å². The van der Waals surface area contributed by atoms with Crippen molar-refractivity contribution in [2.24, 2.45) is 0 Å². The zero-order valence-electron chi connectivity index (χ0n) is 13.8. The van der Waals surface area contributed by atoms with E-state index in [9.17, 15) is 4.39 Å². The van der Waals surface area contributed by atoms with E-state index in [1.807, 2.05) is 0 Å². The molecule has 0 saturated carbocycles. The Labute approximate surface area is 133 Å². The Hall–Kier alpha value is -0.640. The molecule has 0 amide bonds. The highest BCUT2D eigenvalue weighted by Crippen LogP contribution is 2.33. The van der Waals surface area contributed by atoms with Crippen molar-refractivity contribution in [3.05, 3.63) is 34.6 Å². The molecule has 1 aromatic rings. The normalized spacial score (nSPS) is 13.7. The summed E-state index contributed by atoms with van der Waals surface area (Å²) in [5.41, 5.74) is 0.498. The van der Waals surface area contributed by atoms with Crippen molar-refractivity contribution in [3.63, 3.8) is 0 Å². The minimum atomic E-state index is -0.240. The van der Waals surface area contributed by atoms with E-state index < -0.39 is 0 Å². The fraction of sp³-hybridized carbons (Fsp3) is 0.647. The molecule has 0 saturated heterocycles. The largest absolute Gasteiger partial charge is 0.308 e. The molecule has 1 unspecified atom stereocenters. The van der Waals surface area contributed by atoms with Gasteiger partial charge in [-0.2, -0.15) is 0 Å². The van der Waals surface area contributed by atoms with Crippen LogP contribution in [-0.4, -0.2) is 30.1 Å². The number of nitrogens with zero attached hydrogens (tertiary/aromatic N) is 1. The van der Waals surface area contributed by atoms with Crippen LogP contribution in [-0.2, 0) is 0 Å². The smallest absolute Gasteiger partial charge is 0.129 e. The van der Waals surface area contributed by atoms with Gasteiger partial charge < -0.3 is 5.32 Å². The molecule has 2 nitrogen and oxygen atoms in total. The third kappa shape index (κ3) is 4.41. The van der Waals surface area contributed by atoms with Crippen LogP contribution in [0.4, 0.5) is 4.39 Å². The molecule has 1 aromatic carbocycles. The van der Waals surface area contributed by atoms with Crippen molar-refractivity contribution in [2.75, 3.05) is 19.6 Å². The molecule has 0 fully saturated rings. The Kier molecular flexibility index (Phi) is 7.11. The lowest BCUT2D eigenvalue weighted by molar-refractivity contribution is 0.0896. The second-order valence-electron chi connectivity index (χ2n) is 5.88. The van der Waals surface area contributed by atoms with E-state index in [-0.39, 0.29) is 17.4 Å². The summed E-state index contributed by atoms with van der Waals surface area (Å²) in [4.78, 5) is 2.36. The van der Waals surface area contributed by atoms with E-state index in [4.69, 9.17) is 11.6 Å². The summed E-state index contributed by atoms with van der Waals surface area (Å²) in [6, 6.07) is 4.89. The van der Waals surface area contributed by atoms with E-state index >= 15 is 0 Å². The van der Waals surface area contributed by atoms with Crippen molar-refractivity contribution in [1.82, 2.24) is 10.2 Å². The molecule has 0 aliphatic carbocycles. The van der Waals surface area contributed by atoms with E-state index in [0.29, 0.717) is 10.6 Å². The quantitative estimate of drug-likeness (QED) is 0.752. The monoisotopic (exact) mass is 314 g/mol. The number of nitrogens with one attached hydrogen (secondary N) is 1. The average molecular weight is 315 g/mol. The van der Waals surface area contributed by atoms with Crippen molar-refractivity contribution in [1.29, 1.82) is 0 Å². The number of halogens is 2. The number of rotatable bonds is 8. The summed E-state index contributed by atoms with van der Waals surface area (Å²) in [6.07, 6.45) is 1.01. The molecule has 0 radical (unpaired) electrons. The molecule has 0 aliphatic heterocycles. The molecule has 0 heterocycles. The Morgan fingerprint density at radius 1 is 1.24 bits per heavy atom. The lowest BCUT2D eigenvalue weighted by atomic mass is 9.86. The number of hydrogen-bond donors (Lipinski definition) is 1. The third-order valence-electron chi connectivity index (χ3n) is 4.16. The fourth-order valence-electron chi connectivity index (χ4n) is 2.99. The zero-order valence-corrected chi connectivity index (χ0v) is 14.6. The molecule has 1 atom stereocenters. The van der Waals surface area contributed by atoms with Crippen LogP contribution in [0.2, 0.25) is 5.02 Å². The van der Waals surface area contributed by atoms with Gasteiger partial charge >= 0.3 is 0 Å². The number of benzene rings is 1. The van der Waals surface area contributed by atoms with Crippen LogP contribution in [0, 0.1) is 5.82 Å². The molecule has 0 aromatic heterocycles. The van der Waals surface area contributed by atoms with Crippen LogP contribution in [0.1, 0.15) is 52.6 Å². The SMILES string of the molecule is CCCNC(c1ccc(Cl)cc1F)C(C)(C)N(CC)CC. The van der Waals surface area contributed by atoms with Gasteiger partial charge in [0.15, 0.2) is 0 Å². The van der Waals surface area contributed by atoms with Crippen LogP contribution in [0.5, 0.6) is 0 Å². The van der Waals surface area contributed by atoms with Gasteiger partial charge in [0.2, 0.25) is 0 Å². The van der Waals surface area contributed by atoms with Crippen molar-refractivity contribution >= 4 is 11.6 Å². The predicted octanol–water partition coefficient (Wildman–Crippen LogP) is 4.64. The van der Waals surface area contributed by atoms with Crippen LogP contribution in [0.15, 0.2) is 18.2 Å². The second-order valence-corrected chi connectivity index (χ2v) is 6.32. The topological polar surface area (TPSA) is 15.3 Å². The Morgan fingerprint density at radius 2 is 1.86 bits per heavy atom. The molecule has 1 N–H and O–H groups in total. The molecule has 1 rings (SSSR count). The summed E-state index contributed by atoms with van der Waals surface area (Å²) in [5, 5.41) is 3.95. The first-order valence-corrected chi connectivity index (χ1v) is 8.19. The summed E-state index contributed by atoms with van der Waals surface area (Å²) >= 11 is 5.89. The summed E-state index contributed by atoms with van der Waals surface area (Å²) in [5.74, 6) is -0.240. The predicted molar refractivity (Wildman–Crippen MR) is 89.4 cm³/mol. The highest BCUT2D eigenvalue weighted by molar-refractivity contribution is 6.30. The van der Waals surface area contributed by atoms with Gasteiger partial charge in [0.25, 0.3) is 0 Å². The first-order valence-electron chi connectivity index (χ1n) is 7.81. The van der Waals surface area contributed by atoms with Gasteiger partial charge in [-0.1, -0.05) is 38.4 Å². The first-order chi connectivity index (χ1) is 9.88. The van der Waals surface area contributed by atoms with Crippen molar-refractivity contribution in [2.45, 2.75) is 52.6 Å². The van der Waals surface area contributed by atoms with Crippen LogP contribution in [0.3, 0.4) is 0 Å². The van der Waals surface area contributed by atoms with E-state index in [0.717, 1.165) is 26.1 Å². The Morgan fingerprint density at radius 3 is 2.33 bits per heavy atom. The van der Waals surface area contributed by atoms with Gasteiger partial charge in [-0.25, -0.2) is 4.39 Å². The number of hydrogen-bond acceptors (Lipinski definition) is 2. The Bertz CT molecular complexity index is 444. The maximum absolute atomic E-state index is 14.4. The second kappa shape index (κ2) is 8.11. The van der Waals surface area contributed by atoms with Gasteiger partial charge in [-0.05, 0) is 52.0 Å². The lowest BCUT2D eigenvalue weighted by Gasteiger charge is -2.44. The maximum atomic E-state index is 14.4. The maximum Gasteiger partial charge on any atom is 0.129 e. The van der Waals surface area contributed by atoms with E-state index in [2.05, 4.69) is 44.8 Å². The molecule has 120 valence electrons. The van der Waals surface area contributed by atoms with Gasteiger partial charge in [0, 0.05) is 16.1 Å². The van der Waals surface area contributed by atoms with Gasteiger partial charge in [-0.3, -0.25) is 4.90 Å². The number of likely N-dealkylation sites (N-methyl/N-ethyl adjacent to an activating group) is 1. The van der Waals surface area contributed by atoms with Crippen LogP contribution < -0.4 is 5.32 Å². The summed E-state index contributed by atoms with van der Waals surface area (Å²) in [6.45, 7) is 13.5. The van der Waals surface area contributed by atoms with Crippen LogP contribution >= 0.6 is 11.6 Å². The van der Waals surface area contributed by atoms with Gasteiger partial charge in [0.05, 0.1) is 6.04 Å². The molecular formula is C17H28ClFN2. The standard InChI is InChI=1S/C17H28ClFN2/c1-6-11-20-16(17(4,5)21(7-2)8-3)14-10-9-13(18)12-15(14)19/h9-10,12,16,20H,6-8,11H2,1-5H3. The minimum absolute atomic E-state index is 0.0744. The molecule has 0 aliphatic rings. The average Bonchev–Trinajstić information content (AvgIpc) is 2.42. The summed E-state index contributed by atoms with van der Waals surface area (Å²) in [7, 11) is 0.